The van der Waals surface area contributed by atoms with Crippen LogP contribution in [0, 0.1) is 0 Å². The average Bonchev–Trinajstić information content (AvgIpc) is 2.55. The maximum atomic E-state index is 11.4. The Balaban J connectivity index is 1.88. The number of carbonyl (C=O) groups is 1. The molecular weight excluding hydrogens is 278 g/mol. The Morgan fingerprint density at radius 2 is 1.77 bits per heavy atom. The molecule has 110 valence electrons. The first-order valence-corrected chi connectivity index (χ1v) is 6.95. The first kappa shape index (κ1) is 14.0. The molecule has 0 saturated heterocycles. The fourth-order valence-corrected chi connectivity index (χ4v) is 2.33. The van der Waals surface area contributed by atoms with Crippen molar-refractivity contribution in [2.75, 3.05) is 5.32 Å². The summed E-state index contributed by atoms with van der Waals surface area (Å²) in [6, 6.07) is 16.0. The molecule has 22 heavy (non-hydrogen) atoms. The van der Waals surface area contributed by atoms with Gasteiger partial charge in [0, 0.05) is 5.39 Å². The number of hydrogen-bond acceptors (Lipinski definition) is 5. The van der Waals surface area contributed by atoms with Crippen molar-refractivity contribution in [3.8, 4) is 0 Å². The minimum absolute atomic E-state index is 0.321. The van der Waals surface area contributed by atoms with Crippen molar-refractivity contribution in [1.29, 1.82) is 0 Å². The second-order valence-corrected chi connectivity index (χ2v) is 4.95. The number of hydrogen-bond donors (Lipinski definition) is 1. The van der Waals surface area contributed by atoms with E-state index < -0.39 is 12.0 Å². The van der Waals surface area contributed by atoms with E-state index >= 15 is 0 Å². The zero-order chi connectivity index (χ0) is 15.4. The molecule has 0 radical (unpaired) electrons. The number of carboxylic acids is 1. The van der Waals surface area contributed by atoms with Crippen LogP contribution < -0.4 is 10.4 Å². The van der Waals surface area contributed by atoms with Gasteiger partial charge in [0.15, 0.2) is 0 Å². The molecule has 0 aliphatic rings. The van der Waals surface area contributed by atoms with E-state index in [1.165, 1.54) is 6.33 Å². The minimum atomic E-state index is -1.16. The van der Waals surface area contributed by atoms with Crippen LogP contribution in [0.4, 0.5) is 5.82 Å². The predicted molar refractivity (Wildman–Crippen MR) is 82.1 cm³/mol. The maximum Gasteiger partial charge on any atom is 0.137 e. The molecule has 0 bridgehead atoms. The van der Waals surface area contributed by atoms with Gasteiger partial charge in [0.25, 0.3) is 0 Å². The normalized spacial score (nSPS) is 12.0. The largest absolute Gasteiger partial charge is 0.548 e. The summed E-state index contributed by atoms with van der Waals surface area (Å²) in [6.07, 6.45) is 1.74. The summed E-state index contributed by atoms with van der Waals surface area (Å²) < 4.78 is 0. The highest BCUT2D eigenvalue weighted by Gasteiger charge is 2.13. The van der Waals surface area contributed by atoms with Crippen LogP contribution in [-0.4, -0.2) is 22.0 Å². The molecule has 3 aromatic rings. The number of rotatable bonds is 5. The van der Waals surface area contributed by atoms with E-state index in [4.69, 9.17) is 0 Å². The molecule has 1 aromatic heterocycles. The van der Waals surface area contributed by atoms with Gasteiger partial charge in [-0.3, -0.25) is 0 Å². The van der Waals surface area contributed by atoms with Gasteiger partial charge < -0.3 is 15.2 Å². The number of carbonyl (C=O) groups excluding carboxylic acids is 1. The van der Waals surface area contributed by atoms with Gasteiger partial charge in [0.2, 0.25) is 0 Å². The molecule has 0 spiro atoms. The van der Waals surface area contributed by atoms with Crippen LogP contribution in [0.25, 0.3) is 10.9 Å². The standard InChI is InChI=1S/C17H15N3O2/c21-17(22)15(10-12-6-2-1-3-7-12)20-16-13-8-4-5-9-14(13)18-11-19-16/h1-9,11,15H,10H2,(H,21,22)(H,18,19,20)/p-1/t15-/m1/s1. The van der Waals surface area contributed by atoms with Crippen LogP contribution in [0.5, 0.6) is 0 Å². The number of anilines is 1. The third-order valence-electron chi connectivity index (χ3n) is 3.42. The highest BCUT2D eigenvalue weighted by atomic mass is 16.4. The molecule has 5 heteroatoms. The van der Waals surface area contributed by atoms with E-state index in [-0.39, 0.29) is 0 Å². The summed E-state index contributed by atoms with van der Waals surface area (Å²) >= 11 is 0. The SMILES string of the molecule is O=C([O-])[C@@H](Cc1ccccc1)Nc1ncnc2ccccc12. The summed E-state index contributed by atoms with van der Waals surface area (Å²) in [7, 11) is 0. The van der Waals surface area contributed by atoms with Crippen LogP contribution in [0.1, 0.15) is 5.56 Å². The highest BCUT2D eigenvalue weighted by Crippen LogP contribution is 2.19. The molecule has 1 atom stereocenters. The molecule has 0 amide bonds. The van der Waals surface area contributed by atoms with Gasteiger partial charge in [0.1, 0.15) is 12.1 Å². The summed E-state index contributed by atoms with van der Waals surface area (Å²) in [6.45, 7) is 0. The van der Waals surface area contributed by atoms with Gasteiger partial charge in [-0.1, -0.05) is 42.5 Å². The zero-order valence-electron chi connectivity index (χ0n) is 11.8. The lowest BCUT2D eigenvalue weighted by atomic mass is 10.1. The average molecular weight is 292 g/mol. The smallest absolute Gasteiger partial charge is 0.137 e. The van der Waals surface area contributed by atoms with Crippen LogP contribution in [-0.2, 0) is 11.2 Å². The third kappa shape index (κ3) is 3.03. The number of aliphatic carboxylic acids is 1. The molecule has 0 unspecified atom stereocenters. The number of nitrogens with zero attached hydrogens (tertiary/aromatic N) is 2. The van der Waals surface area contributed by atoms with Crippen molar-refractivity contribution in [2.24, 2.45) is 0 Å². The Morgan fingerprint density at radius 3 is 2.55 bits per heavy atom. The van der Waals surface area contributed by atoms with E-state index in [0.29, 0.717) is 12.2 Å². The number of para-hydroxylation sites is 1. The van der Waals surface area contributed by atoms with E-state index in [9.17, 15) is 9.90 Å². The molecule has 0 fully saturated rings. The van der Waals surface area contributed by atoms with Gasteiger partial charge >= 0.3 is 0 Å². The Labute approximate surface area is 127 Å². The lowest BCUT2D eigenvalue weighted by Crippen LogP contribution is -2.42. The van der Waals surface area contributed by atoms with Crippen LogP contribution in [0.2, 0.25) is 0 Å². The van der Waals surface area contributed by atoms with Crippen molar-refractivity contribution in [2.45, 2.75) is 12.5 Å². The first-order chi connectivity index (χ1) is 10.7. The number of nitrogens with one attached hydrogen (secondary N) is 1. The van der Waals surface area contributed by atoms with Crippen LogP contribution >= 0.6 is 0 Å². The highest BCUT2D eigenvalue weighted by molar-refractivity contribution is 5.90. The molecule has 0 aliphatic heterocycles. The maximum absolute atomic E-state index is 11.4. The molecule has 3 rings (SSSR count). The monoisotopic (exact) mass is 292 g/mol. The van der Waals surface area contributed by atoms with Gasteiger partial charge in [-0.25, -0.2) is 9.97 Å². The third-order valence-corrected chi connectivity index (χ3v) is 3.42. The molecular formula is C17H14N3O2-. The number of carboxylic acid groups (broad SMARTS) is 1. The lowest BCUT2D eigenvalue weighted by molar-refractivity contribution is -0.306. The minimum Gasteiger partial charge on any atom is -0.548 e. The molecule has 0 aliphatic carbocycles. The van der Waals surface area contributed by atoms with Crippen molar-refractivity contribution in [3.05, 3.63) is 66.5 Å². The lowest BCUT2D eigenvalue weighted by Gasteiger charge is -2.21. The molecule has 5 nitrogen and oxygen atoms in total. The van der Waals surface area contributed by atoms with Gasteiger partial charge in [-0.2, -0.15) is 0 Å². The van der Waals surface area contributed by atoms with E-state index in [1.807, 2.05) is 54.6 Å². The van der Waals surface area contributed by atoms with Crippen LogP contribution in [0.15, 0.2) is 60.9 Å². The van der Waals surface area contributed by atoms with E-state index in [0.717, 1.165) is 16.5 Å². The summed E-state index contributed by atoms with van der Waals surface area (Å²) in [5, 5.41) is 15.2. The van der Waals surface area contributed by atoms with Crippen molar-refractivity contribution in [3.63, 3.8) is 0 Å². The number of aromatic nitrogens is 2. The predicted octanol–water partition coefficient (Wildman–Crippen LogP) is 1.40. The Bertz CT molecular complexity index is 785. The number of fused-ring (bicyclic) bond motifs is 1. The Morgan fingerprint density at radius 1 is 1.05 bits per heavy atom. The van der Waals surface area contributed by atoms with Crippen LogP contribution in [0.3, 0.4) is 0 Å². The summed E-state index contributed by atoms with van der Waals surface area (Å²) in [5.41, 5.74) is 1.68. The second kappa shape index (κ2) is 6.22. The molecule has 2 aromatic carbocycles. The molecule has 1 N–H and O–H groups in total. The van der Waals surface area contributed by atoms with Gasteiger partial charge in [-0.05, 0) is 24.1 Å². The molecule has 1 heterocycles. The van der Waals surface area contributed by atoms with E-state index in [1.54, 1.807) is 0 Å². The van der Waals surface area contributed by atoms with Crippen molar-refractivity contribution < 1.29 is 9.90 Å². The van der Waals surface area contributed by atoms with Crippen molar-refractivity contribution in [1.82, 2.24) is 9.97 Å². The Hall–Kier alpha value is -2.95. The van der Waals surface area contributed by atoms with E-state index in [2.05, 4.69) is 15.3 Å². The van der Waals surface area contributed by atoms with Gasteiger partial charge in [0.05, 0.1) is 17.5 Å². The Kier molecular flexibility index (Phi) is 3.96. The topological polar surface area (TPSA) is 77.9 Å². The van der Waals surface area contributed by atoms with Gasteiger partial charge in [-0.15, -0.1) is 0 Å². The zero-order valence-corrected chi connectivity index (χ0v) is 11.8. The quantitative estimate of drug-likeness (QED) is 0.769. The first-order valence-electron chi connectivity index (χ1n) is 6.95. The fraction of sp³-hybridized carbons (Fsp3) is 0.118. The molecule has 0 saturated carbocycles. The number of benzene rings is 2. The van der Waals surface area contributed by atoms with Crippen molar-refractivity contribution >= 4 is 22.7 Å². The summed E-state index contributed by atoms with van der Waals surface area (Å²) in [5.74, 6) is -0.665. The second-order valence-electron chi connectivity index (χ2n) is 4.95. The fourth-order valence-electron chi connectivity index (χ4n) is 2.33. The summed E-state index contributed by atoms with van der Waals surface area (Å²) in [4.78, 5) is 19.7.